The first-order valence-electron chi connectivity index (χ1n) is 5.97. The molecule has 3 nitrogen and oxygen atoms in total. The van der Waals surface area contributed by atoms with Crippen LogP contribution >= 0.6 is 11.6 Å². The summed E-state index contributed by atoms with van der Waals surface area (Å²) in [6.07, 6.45) is 1.62. The van der Waals surface area contributed by atoms with E-state index in [4.69, 9.17) is 11.6 Å². The van der Waals surface area contributed by atoms with Crippen molar-refractivity contribution in [2.24, 2.45) is 10.2 Å². The molecule has 2 unspecified atom stereocenters. The van der Waals surface area contributed by atoms with E-state index in [0.717, 1.165) is 11.3 Å². The molecule has 0 radical (unpaired) electrons. The smallest absolute Gasteiger partial charge is 0.123 e. The molecule has 96 valence electrons. The van der Waals surface area contributed by atoms with E-state index in [2.05, 4.69) is 15.2 Å². The van der Waals surface area contributed by atoms with Gasteiger partial charge in [0.25, 0.3) is 0 Å². The highest BCUT2D eigenvalue weighted by atomic mass is 35.5. The summed E-state index contributed by atoms with van der Waals surface area (Å²) in [6, 6.07) is 9.96. The van der Waals surface area contributed by atoms with Gasteiger partial charge in [0.15, 0.2) is 0 Å². The topological polar surface area (TPSA) is 37.6 Å². The van der Waals surface area contributed by atoms with E-state index in [0.29, 0.717) is 11.6 Å². The second kappa shape index (κ2) is 5.05. The zero-order valence-electron chi connectivity index (χ0n) is 10.0. The quantitative estimate of drug-likeness (QED) is 0.811. The van der Waals surface area contributed by atoms with Gasteiger partial charge in [0.2, 0.25) is 0 Å². The molecule has 2 atom stereocenters. The number of benzene rings is 1. The van der Waals surface area contributed by atoms with Crippen LogP contribution in [0.5, 0.6) is 0 Å². The lowest BCUT2D eigenvalue weighted by Crippen LogP contribution is -2.09. The van der Waals surface area contributed by atoms with Crippen molar-refractivity contribution in [3.05, 3.63) is 64.7 Å². The van der Waals surface area contributed by atoms with E-state index in [9.17, 15) is 4.39 Å². The highest BCUT2D eigenvalue weighted by molar-refractivity contribution is 6.30. The van der Waals surface area contributed by atoms with Crippen molar-refractivity contribution < 1.29 is 4.39 Å². The van der Waals surface area contributed by atoms with Crippen molar-refractivity contribution >= 4 is 11.6 Å². The van der Waals surface area contributed by atoms with Crippen LogP contribution in [0.3, 0.4) is 0 Å². The van der Waals surface area contributed by atoms with Crippen molar-refractivity contribution in [3.63, 3.8) is 0 Å². The predicted octanol–water partition coefficient (Wildman–Crippen LogP) is 4.16. The number of pyridine rings is 1. The monoisotopic (exact) mass is 275 g/mol. The van der Waals surface area contributed by atoms with Crippen molar-refractivity contribution in [2.75, 3.05) is 6.54 Å². The summed E-state index contributed by atoms with van der Waals surface area (Å²) >= 11 is 5.84. The van der Waals surface area contributed by atoms with Crippen LogP contribution < -0.4 is 0 Å². The predicted molar refractivity (Wildman–Crippen MR) is 70.9 cm³/mol. The zero-order chi connectivity index (χ0) is 13.2. The first-order chi connectivity index (χ1) is 9.24. The molecule has 3 rings (SSSR count). The van der Waals surface area contributed by atoms with E-state index in [1.54, 1.807) is 18.3 Å². The van der Waals surface area contributed by atoms with Crippen LogP contribution in [0.15, 0.2) is 52.8 Å². The fourth-order valence-corrected chi connectivity index (χ4v) is 2.34. The molecule has 2 heterocycles. The lowest BCUT2D eigenvalue weighted by atomic mass is 9.91. The third-order valence-electron chi connectivity index (χ3n) is 3.21. The minimum atomic E-state index is -0.250. The fraction of sp³-hybridized carbons (Fsp3) is 0.214. The maximum atomic E-state index is 13.0. The summed E-state index contributed by atoms with van der Waals surface area (Å²) < 4.78 is 13.0. The van der Waals surface area contributed by atoms with Crippen LogP contribution in [-0.4, -0.2) is 11.5 Å². The number of halogens is 2. The normalized spacial score (nSPS) is 21.8. The Morgan fingerprint density at radius 1 is 1.11 bits per heavy atom. The van der Waals surface area contributed by atoms with Gasteiger partial charge in [-0.15, -0.1) is 0 Å². The summed E-state index contributed by atoms with van der Waals surface area (Å²) in [5, 5.41) is 8.95. The molecule has 0 bridgehead atoms. The Hall–Kier alpha value is -1.81. The molecule has 0 aliphatic carbocycles. The van der Waals surface area contributed by atoms with Crippen LogP contribution in [0.1, 0.15) is 23.2 Å². The van der Waals surface area contributed by atoms with Gasteiger partial charge in [-0.1, -0.05) is 23.7 Å². The molecular weight excluding hydrogens is 265 g/mol. The van der Waals surface area contributed by atoms with Crippen LogP contribution in [-0.2, 0) is 0 Å². The zero-order valence-corrected chi connectivity index (χ0v) is 10.8. The minimum absolute atomic E-state index is 0.0859. The summed E-state index contributed by atoms with van der Waals surface area (Å²) in [5.41, 5.74) is 1.85. The van der Waals surface area contributed by atoms with Gasteiger partial charge >= 0.3 is 0 Å². The maximum Gasteiger partial charge on any atom is 0.123 e. The second-order valence-corrected chi connectivity index (χ2v) is 4.88. The SMILES string of the molecule is Fc1ccc(C2N=NCC2c2ccc(Cl)cn2)cc1. The number of hydrogen-bond donors (Lipinski definition) is 0. The number of aromatic nitrogens is 1. The summed E-state index contributed by atoms with van der Waals surface area (Å²) in [7, 11) is 0. The number of nitrogens with zero attached hydrogens (tertiary/aromatic N) is 3. The van der Waals surface area contributed by atoms with Crippen LogP contribution in [0.2, 0.25) is 5.02 Å². The van der Waals surface area contributed by atoms with Gasteiger partial charge in [-0.05, 0) is 29.8 Å². The molecule has 1 aromatic carbocycles. The Morgan fingerprint density at radius 3 is 2.58 bits per heavy atom. The van der Waals surface area contributed by atoms with Crippen molar-refractivity contribution in [3.8, 4) is 0 Å². The Bertz CT molecular complexity index is 595. The molecule has 1 aromatic heterocycles. The van der Waals surface area contributed by atoms with E-state index < -0.39 is 0 Å². The summed E-state index contributed by atoms with van der Waals surface area (Å²) in [4.78, 5) is 4.33. The molecule has 0 N–H and O–H groups in total. The number of rotatable bonds is 2. The molecule has 0 spiro atoms. The van der Waals surface area contributed by atoms with Gasteiger partial charge in [-0.2, -0.15) is 10.2 Å². The average Bonchev–Trinajstić information content (AvgIpc) is 2.90. The lowest BCUT2D eigenvalue weighted by Gasteiger charge is -2.16. The molecule has 0 fully saturated rings. The summed E-state index contributed by atoms with van der Waals surface area (Å²) in [6.45, 7) is 0.594. The Balaban J connectivity index is 1.90. The number of hydrogen-bond acceptors (Lipinski definition) is 3. The molecule has 2 aromatic rings. The second-order valence-electron chi connectivity index (χ2n) is 4.44. The third-order valence-corrected chi connectivity index (χ3v) is 3.43. The molecular formula is C14H11ClFN3. The molecule has 5 heteroatoms. The molecule has 1 aliphatic heterocycles. The van der Waals surface area contributed by atoms with Gasteiger partial charge in [0, 0.05) is 11.9 Å². The third kappa shape index (κ3) is 2.49. The van der Waals surface area contributed by atoms with Gasteiger partial charge in [0.1, 0.15) is 11.9 Å². The van der Waals surface area contributed by atoms with E-state index in [1.165, 1.54) is 12.1 Å². The van der Waals surface area contributed by atoms with Gasteiger partial charge in [-0.3, -0.25) is 4.98 Å². The molecule has 0 saturated carbocycles. The average molecular weight is 276 g/mol. The first-order valence-corrected chi connectivity index (χ1v) is 6.35. The van der Waals surface area contributed by atoms with E-state index in [-0.39, 0.29) is 17.8 Å². The Labute approximate surface area is 115 Å². The highest BCUT2D eigenvalue weighted by Gasteiger charge is 2.29. The highest BCUT2D eigenvalue weighted by Crippen LogP contribution is 2.38. The van der Waals surface area contributed by atoms with Crippen molar-refractivity contribution in [2.45, 2.75) is 12.0 Å². The minimum Gasteiger partial charge on any atom is -0.259 e. The van der Waals surface area contributed by atoms with E-state index in [1.807, 2.05) is 12.1 Å². The van der Waals surface area contributed by atoms with Crippen molar-refractivity contribution in [1.29, 1.82) is 0 Å². The largest absolute Gasteiger partial charge is 0.259 e. The molecule has 0 amide bonds. The van der Waals surface area contributed by atoms with Crippen LogP contribution in [0.25, 0.3) is 0 Å². The molecule has 0 saturated heterocycles. The van der Waals surface area contributed by atoms with Gasteiger partial charge < -0.3 is 0 Å². The van der Waals surface area contributed by atoms with E-state index >= 15 is 0 Å². The van der Waals surface area contributed by atoms with Gasteiger partial charge in [0.05, 0.1) is 17.5 Å². The van der Waals surface area contributed by atoms with Crippen LogP contribution in [0, 0.1) is 5.82 Å². The summed E-state index contributed by atoms with van der Waals surface area (Å²) in [5.74, 6) is -0.164. The Morgan fingerprint density at radius 2 is 1.89 bits per heavy atom. The first kappa shape index (κ1) is 12.2. The fourth-order valence-electron chi connectivity index (χ4n) is 2.22. The standard InChI is InChI=1S/C14H11ClFN3/c15-10-3-6-13(17-7-10)12-8-18-19-14(12)9-1-4-11(16)5-2-9/h1-7,12,14H,8H2. The van der Waals surface area contributed by atoms with Crippen molar-refractivity contribution in [1.82, 2.24) is 4.98 Å². The maximum absolute atomic E-state index is 13.0. The lowest BCUT2D eigenvalue weighted by molar-refractivity contribution is 0.607. The van der Waals surface area contributed by atoms with Crippen LogP contribution in [0.4, 0.5) is 4.39 Å². The number of azo groups is 1. The molecule has 1 aliphatic rings. The van der Waals surface area contributed by atoms with Gasteiger partial charge in [-0.25, -0.2) is 4.39 Å². The molecule has 19 heavy (non-hydrogen) atoms. The Kier molecular flexibility index (Phi) is 3.25.